The molecule has 0 bridgehead atoms. The standard InChI is InChI=1S/C12H16ClN3O/c13-11-7-9(12(14)17)1-2-10(11)8-16-5-3-15-4-6-16/h1-2,7,15H,3-6,8H2,(H2,14,17). The third kappa shape index (κ3) is 3.19. The van der Waals surface area contributed by atoms with E-state index in [9.17, 15) is 4.79 Å². The Morgan fingerprint density at radius 2 is 2.12 bits per heavy atom. The van der Waals surface area contributed by atoms with Crippen molar-refractivity contribution in [2.75, 3.05) is 26.2 Å². The number of rotatable bonds is 3. The minimum Gasteiger partial charge on any atom is -0.366 e. The van der Waals surface area contributed by atoms with Crippen molar-refractivity contribution in [3.63, 3.8) is 0 Å². The van der Waals surface area contributed by atoms with Crippen molar-refractivity contribution in [2.24, 2.45) is 5.73 Å². The molecule has 0 saturated carbocycles. The molecular weight excluding hydrogens is 238 g/mol. The van der Waals surface area contributed by atoms with E-state index in [0.29, 0.717) is 10.6 Å². The summed E-state index contributed by atoms with van der Waals surface area (Å²) in [6, 6.07) is 5.25. The second kappa shape index (κ2) is 5.49. The van der Waals surface area contributed by atoms with Crippen LogP contribution in [0.2, 0.25) is 5.02 Å². The van der Waals surface area contributed by atoms with Crippen molar-refractivity contribution in [3.8, 4) is 0 Å². The highest BCUT2D eigenvalue weighted by Crippen LogP contribution is 2.19. The van der Waals surface area contributed by atoms with Gasteiger partial charge in [0.2, 0.25) is 5.91 Å². The molecule has 2 rings (SSSR count). The third-order valence-electron chi connectivity index (χ3n) is 2.94. The molecule has 0 spiro atoms. The molecule has 4 nitrogen and oxygen atoms in total. The van der Waals surface area contributed by atoms with E-state index < -0.39 is 5.91 Å². The molecule has 1 aliphatic rings. The molecule has 1 saturated heterocycles. The van der Waals surface area contributed by atoms with E-state index in [1.807, 2.05) is 6.07 Å². The van der Waals surface area contributed by atoms with Crippen molar-refractivity contribution in [1.82, 2.24) is 10.2 Å². The van der Waals surface area contributed by atoms with Gasteiger partial charge in [0.15, 0.2) is 0 Å². The Kier molecular flexibility index (Phi) is 3.99. The van der Waals surface area contributed by atoms with E-state index in [2.05, 4.69) is 10.2 Å². The van der Waals surface area contributed by atoms with Crippen LogP contribution in [0.4, 0.5) is 0 Å². The Labute approximate surface area is 106 Å². The molecule has 0 aliphatic carbocycles. The van der Waals surface area contributed by atoms with Gasteiger partial charge in [-0.05, 0) is 17.7 Å². The highest BCUT2D eigenvalue weighted by atomic mass is 35.5. The maximum absolute atomic E-state index is 11.0. The summed E-state index contributed by atoms with van der Waals surface area (Å²) in [7, 11) is 0. The molecule has 5 heteroatoms. The van der Waals surface area contributed by atoms with Gasteiger partial charge in [-0.25, -0.2) is 0 Å². The summed E-state index contributed by atoms with van der Waals surface area (Å²) in [5.41, 5.74) is 6.70. The average molecular weight is 254 g/mol. The topological polar surface area (TPSA) is 58.4 Å². The van der Waals surface area contributed by atoms with Gasteiger partial charge in [0, 0.05) is 43.3 Å². The lowest BCUT2D eigenvalue weighted by Gasteiger charge is -2.27. The first kappa shape index (κ1) is 12.4. The number of carbonyl (C=O) groups excluding carboxylic acids is 1. The molecule has 0 atom stereocenters. The number of hydrogen-bond acceptors (Lipinski definition) is 3. The molecule has 1 fully saturated rings. The van der Waals surface area contributed by atoms with Gasteiger partial charge in [-0.2, -0.15) is 0 Å². The van der Waals surface area contributed by atoms with E-state index in [4.69, 9.17) is 17.3 Å². The molecular formula is C12H16ClN3O. The lowest BCUT2D eigenvalue weighted by atomic mass is 10.1. The second-order valence-electron chi connectivity index (χ2n) is 4.20. The average Bonchev–Trinajstić information content (AvgIpc) is 2.33. The van der Waals surface area contributed by atoms with Gasteiger partial charge in [0.25, 0.3) is 0 Å². The first-order valence-corrected chi connectivity index (χ1v) is 6.06. The summed E-state index contributed by atoms with van der Waals surface area (Å²) in [5, 5.41) is 3.91. The Balaban J connectivity index is 2.08. The van der Waals surface area contributed by atoms with Crippen LogP contribution >= 0.6 is 11.6 Å². The minimum absolute atomic E-state index is 0.444. The van der Waals surface area contributed by atoms with Crippen LogP contribution in [0.25, 0.3) is 0 Å². The van der Waals surface area contributed by atoms with Crippen molar-refractivity contribution < 1.29 is 4.79 Å². The van der Waals surface area contributed by atoms with Crippen LogP contribution < -0.4 is 11.1 Å². The number of amides is 1. The van der Waals surface area contributed by atoms with Gasteiger partial charge in [-0.1, -0.05) is 17.7 Å². The van der Waals surface area contributed by atoms with E-state index in [1.54, 1.807) is 12.1 Å². The molecule has 1 aromatic rings. The summed E-state index contributed by atoms with van der Waals surface area (Å²) in [5.74, 6) is -0.444. The molecule has 1 heterocycles. The van der Waals surface area contributed by atoms with Crippen LogP contribution in [0.1, 0.15) is 15.9 Å². The van der Waals surface area contributed by atoms with E-state index in [0.717, 1.165) is 38.3 Å². The fraction of sp³-hybridized carbons (Fsp3) is 0.417. The van der Waals surface area contributed by atoms with Crippen LogP contribution in [0.3, 0.4) is 0 Å². The molecule has 92 valence electrons. The van der Waals surface area contributed by atoms with Crippen LogP contribution in [0.15, 0.2) is 18.2 Å². The fourth-order valence-corrected chi connectivity index (χ4v) is 2.18. The molecule has 0 unspecified atom stereocenters. The van der Waals surface area contributed by atoms with Gasteiger partial charge in [0.05, 0.1) is 0 Å². The van der Waals surface area contributed by atoms with Crippen LogP contribution in [-0.4, -0.2) is 37.0 Å². The summed E-state index contributed by atoms with van der Waals surface area (Å²) < 4.78 is 0. The number of piperazine rings is 1. The number of carbonyl (C=O) groups is 1. The fourth-order valence-electron chi connectivity index (χ4n) is 1.94. The van der Waals surface area contributed by atoms with Crippen molar-refractivity contribution in [2.45, 2.75) is 6.54 Å². The Bertz CT molecular complexity index is 416. The maximum Gasteiger partial charge on any atom is 0.248 e. The predicted octanol–water partition coefficient (Wildman–Crippen LogP) is 0.844. The largest absolute Gasteiger partial charge is 0.366 e. The molecule has 0 aromatic heterocycles. The number of nitrogens with one attached hydrogen (secondary N) is 1. The van der Waals surface area contributed by atoms with Crippen molar-refractivity contribution in [3.05, 3.63) is 34.3 Å². The molecule has 1 aliphatic heterocycles. The zero-order valence-corrected chi connectivity index (χ0v) is 10.3. The lowest BCUT2D eigenvalue weighted by Crippen LogP contribution is -2.42. The zero-order chi connectivity index (χ0) is 12.3. The Morgan fingerprint density at radius 3 is 2.71 bits per heavy atom. The summed E-state index contributed by atoms with van der Waals surface area (Å²) >= 11 is 6.14. The number of nitrogens with zero attached hydrogens (tertiary/aromatic N) is 1. The SMILES string of the molecule is NC(=O)c1ccc(CN2CCNCC2)c(Cl)c1. The molecule has 0 radical (unpaired) electrons. The number of primary amides is 1. The van der Waals surface area contributed by atoms with Gasteiger partial charge in [-0.3, -0.25) is 9.69 Å². The first-order chi connectivity index (χ1) is 8.16. The third-order valence-corrected chi connectivity index (χ3v) is 3.29. The Morgan fingerprint density at radius 1 is 1.41 bits per heavy atom. The van der Waals surface area contributed by atoms with Gasteiger partial charge >= 0.3 is 0 Å². The van der Waals surface area contributed by atoms with Crippen LogP contribution in [-0.2, 0) is 6.54 Å². The zero-order valence-electron chi connectivity index (χ0n) is 9.58. The summed E-state index contributed by atoms with van der Waals surface area (Å²) in [4.78, 5) is 13.3. The highest BCUT2D eigenvalue weighted by Gasteiger charge is 2.12. The van der Waals surface area contributed by atoms with E-state index >= 15 is 0 Å². The van der Waals surface area contributed by atoms with Crippen molar-refractivity contribution >= 4 is 17.5 Å². The first-order valence-electron chi connectivity index (χ1n) is 5.68. The van der Waals surface area contributed by atoms with E-state index in [-0.39, 0.29) is 0 Å². The minimum atomic E-state index is -0.444. The van der Waals surface area contributed by atoms with Crippen LogP contribution in [0.5, 0.6) is 0 Å². The number of benzene rings is 1. The molecule has 1 aromatic carbocycles. The predicted molar refractivity (Wildman–Crippen MR) is 68.1 cm³/mol. The van der Waals surface area contributed by atoms with Gasteiger partial charge in [-0.15, -0.1) is 0 Å². The van der Waals surface area contributed by atoms with Gasteiger partial charge < -0.3 is 11.1 Å². The number of halogens is 1. The van der Waals surface area contributed by atoms with Crippen molar-refractivity contribution in [1.29, 1.82) is 0 Å². The maximum atomic E-state index is 11.0. The number of hydrogen-bond donors (Lipinski definition) is 2. The molecule has 17 heavy (non-hydrogen) atoms. The normalized spacial score (nSPS) is 17.0. The van der Waals surface area contributed by atoms with Gasteiger partial charge in [0.1, 0.15) is 0 Å². The lowest BCUT2D eigenvalue weighted by molar-refractivity contribution is 0.100. The molecule has 3 N–H and O–H groups in total. The molecule has 1 amide bonds. The highest BCUT2D eigenvalue weighted by molar-refractivity contribution is 6.31. The second-order valence-corrected chi connectivity index (χ2v) is 4.60. The summed E-state index contributed by atoms with van der Waals surface area (Å²) in [6.07, 6.45) is 0. The van der Waals surface area contributed by atoms with E-state index in [1.165, 1.54) is 0 Å². The summed E-state index contributed by atoms with van der Waals surface area (Å²) in [6.45, 7) is 4.88. The quantitative estimate of drug-likeness (QED) is 0.840. The monoisotopic (exact) mass is 253 g/mol. The Hall–Kier alpha value is -1.10. The number of nitrogens with two attached hydrogens (primary N) is 1. The smallest absolute Gasteiger partial charge is 0.248 e. The van der Waals surface area contributed by atoms with Crippen LogP contribution in [0, 0.1) is 0 Å².